The summed E-state index contributed by atoms with van der Waals surface area (Å²) in [6.07, 6.45) is 10.0. The summed E-state index contributed by atoms with van der Waals surface area (Å²) in [6.45, 7) is 0. The minimum absolute atomic E-state index is 0. The Bertz CT molecular complexity index is 71.0. The molecule has 13 heavy (non-hydrogen) atoms. The Hall–Kier alpha value is 0.943. The Morgan fingerprint density at radius 2 is 1.23 bits per heavy atom. The van der Waals surface area contributed by atoms with Crippen LogP contribution in [0.3, 0.4) is 0 Å². The van der Waals surface area contributed by atoms with E-state index in [1.165, 1.54) is 0 Å². The third-order valence-corrected chi connectivity index (χ3v) is 0.586. The van der Waals surface area contributed by atoms with Crippen LogP contribution in [0, 0.1) is 43.2 Å². The predicted octanol–water partition coefficient (Wildman–Crippen LogP) is 4.40. The zero-order valence-electron chi connectivity index (χ0n) is 9.26. The number of hydrogen-bond acceptors (Lipinski definition) is 0. The van der Waals surface area contributed by atoms with Gasteiger partial charge in [0, 0.05) is 26.2 Å². The van der Waals surface area contributed by atoms with Crippen molar-refractivity contribution in [3.05, 3.63) is 61.4 Å². The third kappa shape index (κ3) is 43.9. The van der Waals surface area contributed by atoms with Crippen LogP contribution in [-0.4, -0.2) is 0 Å². The molecule has 3 heteroatoms. The second kappa shape index (κ2) is 52.3. The van der Waals surface area contributed by atoms with Crippen molar-refractivity contribution in [2.75, 3.05) is 0 Å². The van der Waals surface area contributed by atoms with Crippen molar-refractivity contribution < 1.29 is 26.2 Å². The van der Waals surface area contributed by atoms with Crippen LogP contribution in [0.5, 0.6) is 0 Å². The molecule has 0 aromatic carbocycles. The van der Waals surface area contributed by atoms with Gasteiger partial charge in [-0.15, -0.1) is 31.2 Å². The van der Waals surface area contributed by atoms with E-state index in [0.29, 0.717) is 0 Å². The number of rotatable bonds is 0. The van der Waals surface area contributed by atoms with E-state index < -0.39 is 0 Å². The molecule has 0 aliphatic heterocycles. The van der Waals surface area contributed by atoms with E-state index in [1.54, 1.807) is 0 Å². The van der Waals surface area contributed by atoms with Gasteiger partial charge < -0.3 is 37.1 Å². The van der Waals surface area contributed by atoms with Gasteiger partial charge in [-0.1, -0.05) is 0 Å². The number of allylic oxidation sites excluding steroid dienone is 4. The van der Waals surface area contributed by atoms with Gasteiger partial charge in [0.1, 0.15) is 0 Å². The molecule has 0 saturated heterocycles. The van der Waals surface area contributed by atoms with Crippen LogP contribution < -0.4 is 0 Å². The zero-order valence-corrected chi connectivity index (χ0v) is 13.3. The fourth-order valence-electron chi connectivity index (χ4n) is 0.340. The van der Waals surface area contributed by atoms with Gasteiger partial charge >= 0.3 is 0 Å². The second-order valence-electron chi connectivity index (χ2n) is 1.00. The summed E-state index contributed by atoms with van der Waals surface area (Å²) in [4.78, 5) is 0. The Balaban J connectivity index is -0.00000000521. The van der Waals surface area contributed by atoms with Crippen LogP contribution in [0.4, 0.5) is 0 Å². The smallest absolute Gasteiger partial charge is 0 e. The number of halogens is 2. The van der Waals surface area contributed by atoms with Crippen LogP contribution in [0.1, 0.15) is 6.42 Å². The van der Waals surface area contributed by atoms with Crippen molar-refractivity contribution in [3.63, 3.8) is 0 Å². The SMILES string of the molecule is Cl.Cl.[C-]1=CC=CC1.[CH3-].[CH3-].[CH3-].[CH3-].[CH3-].[Zr]. The molecule has 86 valence electrons. The molecule has 0 amide bonds. The van der Waals surface area contributed by atoms with Crippen LogP contribution in [-0.2, 0) is 26.2 Å². The molecule has 0 atom stereocenters. The van der Waals surface area contributed by atoms with Crippen molar-refractivity contribution in [1.82, 2.24) is 0 Å². The largest absolute Gasteiger partial charge is 0.358 e. The maximum atomic E-state index is 2.99. The van der Waals surface area contributed by atoms with E-state index >= 15 is 0 Å². The Morgan fingerprint density at radius 1 is 0.846 bits per heavy atom. The average molecular weight is 304 g/mol. The van der Waals surface area contributed by atoms with Crippen LogP contribution in [0.15, 0.2) is 18.2 Å². The van der Waals surface area contributed by atoms with Gasteiger partial charge in [-0.05, 0) is 0 Å². The maximum absolute atomic E-state index is 2.99. The van der Waals surface area contributed by atoms with E-state index in [0.717, 1.165) is 6.42 Å². The Labute approximate surface area is 118 Å². The van der Waals surface area contributed by atoms with E-state index in [2.05, 4.69) is 12.2 Å². The third-order valence-electron chi connectivity index (χ3n) is 0.586. The molecular weight excluding hydrogens is 282 g/mol. The molecule has 0 N–H and O–H groups in total. The van der Waals surface area contributed by atoms with Gasteiger partial charge in [-0.25, -0.2) is 12.2 Å². The standard InChI is InChI=1S/C5H5.5CH3.2ClH.Zr/c1-2-4-5-3-1;;;;;;;;/h1-3H,4H2;5*1H3;2*1H;/q6*-1;;;. The number of hydrogen-bond donors (Lipinski definition) is 0. The molecule has 1 aliphatic carbocycles. The first-order valence-electron chi connectivity index (χ1n) is 1.72. The summed E-state index contributed by atoms with van der Waals surface area (Å²) in [5.74, 6) is 0. The molecule has 0 spiro atoms. The Kier molecular flexibility index (Phi) is 266. The second-order valence-corrected chi connectivity index (χ2v) is 1.00. The first-order valence-corrected chi connectivity index (χ1v) is 1.72. The minimum atomic E-state index is 0. The quantitative estimate of drug-likeness (QED) is 0.582. The first kappa shape index (κ1) is 66.1. The minimum Gasteiger partial charge on any atom is -0.358 e. The van der Waals surface area contributed by atoms with E-state index in [-0.39, 0.29) is 88.2 Å². The predicted molar refractivity (Wildman–Crippen MR) is 68.1 cm³/mol. The fraction of sp³-hybridized carbons (Fsp3) is 0.100. The molecule has 0 aromatic rings. The van der Waals surface area contributed by atoms with E-state index in [9.17, 15) is 0 Å². The van der Waals surface area contributed by atoms with Crippen molar-refractivity contribution in [2.24, 2.45) is 0 Å². The van der Waals surface area contributed by atoms with E-state index in [4.69, 9.17) is 0 Å². The molecule has 0 saturated carbocycles. The molecule has 0 fully saturated rings. The monoisotopic (exact) mass is 302 g/mol. The van der Waals surface area contributed by atoms with Crippen molar-refractivity contribution in [2.45, 2.75) is 6.42 Å². The molecule has 1 rings (SSSR count). The molecule has 0 aromatic heterocycles. The Morgan fingerprint density at radius 3 is 1.31 bits per heavy atom. The van der Waals surface area contributed by atoms with Gasteiger partial charge in [0.05, 0.1) is 0 Å². The maximum Gasteiger partial charge on any atom is 0 e. The zero-order chi connectivity index (χ0) is 3.54. The molecule has 0 unspecified atom stereocenters. The van der Waals surface area contributed by atoms with Gasteiger partial charge in [0.2, 0.25) is 0 Å². The first-order chi connectivity index (χ1) is 2.50. The molecule has 0 bridgehead atoms. The van der Waals surface area contributed by atoms with Gasteiger partial charge in [0.25, 0.3) is 0 Å². The topological polar surface area (TPSA) is 0 Å². The summed E-state index contributed by atoms with van der Waals surface area (Å²) in [5.41, 5.74) is 0. The van der Waals surface area contributed by atoms with Gasteiger partial charge in [-0.2, -0.15) is 6.08 Å². The van der Waals surface area contributed by atoms with Gasteiger partial charge in [0.15, 0.2) is 0 Å². The summed E-state index contributed by atoms with van der Waals surface area (Å²) < 4.78 is 0. The summed E-state index contributed by atoms with van der Waals surface area (Å²) in [6, 6.07) is 0. The summed E-state index contributed by atoms with van der Waals surface area (Å²) in [7, 11) is 0. The average Bonchev–Trinajstić information content (AvgIpc) is 1.76. The van der Waals surface area contributed by atoms with Crippen molar-refractivity contribution in [1.29, 1.82) is 0 Å². The normalized spacial score (nSPS) is 6.77. The van der Waals surface area contributed by atoms with Crippen LogP contribution >= 0.6 is 24.8 Å². The summed E-state index contributed by atoms with van der Waals surface area (Å²) in [5, 5.41) is 0. The molecule has 0 heterocycles. The van der Waals surface area contributed by atoms with Crippen LogP contribution in [0.2, 0.25) is 0 Å². The van der Waals surface area contributed by atoms with Crippen molar-refractivity contribution >= 4 is 24.8 Å². The van der Waals surface area contributed by atoms with Gasteiger partial charge in [-0.3, -0.25) is 6.08 Å². The molecule has 1 aliphatic rings. The molecule has 0 radical (unpaired) electrons. The fourth-order valence-corrected chi connectivity index (χ4v) is 0.340. The molecular formula is C10H22Cl2Zr-6. The van der Waals surface area contributed by atoms with Crippen molar-refractivity contribution in [3.8, 4) is 0 Å². The van der Waals surface area contributed by atoms with Crippen LogP contribution in [0.25, 0.3) is 0 Å². The van der Waals surface area contributed by atoms with E-state index in [1.807, 2.05) is 12.2 Å². The molecule has 0 nitrogen and oxygen atoms in total. The summed E-state index contributed by atoms with van der Waals surface area (Å²) >= 11 is 0.